The largest absolute Gasteiger partial charge is 0.478 e. The van der Waals surface area contributed by atoms with Crippen LogP contribution in [0, 0.1) is 0 Å². The van der Waals surface area contributed by atoms with Crippen molar-refractivity contribution in [2.24, 2.45) is 0 Å². The summed E-state index contributed by atoms with van der Waals surface area (Å²) in [6.07, 6.45) is 0. The smallest absolute Gasteiger partial charge is 0.335 e. The predicted octanol–water partition coefficient (Wildman–Crippen LogP) is 2.39. The number of benzene rings is 2. The van der Waals surface area contributed by atoms with Gasteiger partial charge in [-0.15, -0.1) is 0 Å². The Hall–Kier alpha value is -1.70. The van der Waals surface area contributed by atoms with Crippen LogP contribution < -0.4 is 0 Å². The second-order valence-electron chi connectivity index (χ2n) is 3.34. The molecule has 0 unspecified atom stereocenters. The second kappa shape index (κ2) is 9.26. The Balaban J connectivity index is 0.000000324. The van der Waals surface area contributed by atoms with Crippen LogP contribution in [0.5, 0.6) is 0 Å². The van der Waals surface area contributed by atoms with Crippen molar-refractivity contribution in [3.8, 4) is 0 Å². The fourth-order valence-corrected chi connectivity index (χ4v) is 1.16. The van der Waals surface area contributed by atoms with Crippen LogP contribution in [0.15, 0.2) is 60.7 Å². The van der Waals surface area contributed by atoms with Crippen LogP contribution >= 0.6 is 0 Å². The van der Waals surface area contributed by atoms with Gasteiger partial charge >= 0.3 is 11.9 Å². The molecule has 0 spiro atoms. The zero-order valence-corrected chi connectivity index (χ0v) is 13.9. The van der Waals surface area contributed by atoms with E-state index in [1.165, 1.54) is 0 Å². The van der Waals surface area contributed by atoms with Gasteiger partial charge in [0.25, 0.3) is 0 Å². The standard InChI is InChI=1S/2C7H6O2.Pb/c2*8-7(9)6-4-2-1-3-5-6;/h2*1-5H,(H,8,9);. The van der Waals surface area contributed by atoms with Crippen LogP contribution in [-0.2, 0) is 0 Å². The first kappa shape index (κ1) is 17.3. The maximum atomic E-state index is 10.2. The van der Waals surface area contributed by atoms with Gasteiger partial charge in [0.15, 0.2) is 0 Å². The SMILES string of the molecule is O=C(O)c1ccccc1.O=C(O)c1ccccc1.[Pb]. The maximum absolute atomic E-state index is 10.2. The van der Waals surface area contributed by atoms with E-state index in [9.17, 15) is 9.59 Å². The fourth-order valence-electron chi connectivity index (χ4n) is 1.16. The molecule has 5 heteroatoms. The van der Waals surface area contributed by atoms with E-state index < -0.39 is 11.9 Å². The summed E-state index contributed by atoms with van der Waals surface area (Å²) in [5, 5.41) is 16.8. The molecule has 2 aromatic rings. The first-order chi connectivity index (χ1) is 8.61. The topological polar surface area (TPSA) is 74.6 Å². The summed E-state index contributed by atoms with van der Waals surface area (Å²) in [6.45, 7) is 0. The molecule has 19 heavy (non-hydrogen) atoms. The molecule has 0 aliphatic rings. The van der Waals surface area contributed by atoms with Crippen molar-refractivity contribution in [2.75, 3.05) is 0 Å². The monoisotopic (exact) mass is 452 g/mol. The maximum Gasteiger partial charge on any atom is 0.335 e. The van der Waals surface area contributed by atoms with Gasteiger partial charge in [0, 0.05) is 27.3 Å². The van der Waals surface area contributed by atoms with Gasteiger partial charge in [-0.05, 0) is 24.3 Å². The van der Waals surface area contributed by atoms with E-state index in [0.717, 1.165) is 0 Å². The molecule has 0 aliphatic carbocycles. The number of carboxylic acids is 2. The van der Waals surface area contributed by atoms with Gasteiger partial charge in [0.1, 0.15) is 0 Å². The van der Waals surface area contributed by atoms with Crippen molar-refractivity contribution in [1.82, 2.24) is 0 Å². The van der Waals surface area contributed by atoms with Crippen LogP contribution in [0.2, 0.25) is 0 Å². The fraction of sp³-hybridized carbons (Fsp3) is 0. The van der Waals surface area contributed by atoms with Crippen molar-refractivity contribution in [3.05, 3.63) is 71.8 Å². The second-order valence-corrected chi connectivity index (χ2v) is 3.34. The first-order valence-electron chi connectivity index (χ1n) is 5.18. The Morgan fingerprint density at radius 2 is 0.895 bits per heavy atom. The Morgan fingerprint density at radius 3 is 1.05 bits per heavy atom. The summed E-state index contributed by atoms with van der Waals surface area (Å²) in [5.74, 6) is -1.76. The predicted molar refractivity (Wildman–Crippen MR) is 72.6 cm³/mol. The Labute approximate surface area is 130 Å². The van der Waals surface area contributed by atoms with Gasteiger partial charge in [-0.2, -0.15) is 0 Å². The molecule has 0 saturated carbocycles. The molecule has 4 nitrogen and oxygen atoms in total. The van der Waals surface area contributed by atoms with Gasteiger partial charge in [-0.25, -0.2) is 9.59 Å². The summed E-state index contributed by atoms with van der Waals surface area (Å²) in [7, 11) is 0. The Bertz CT molecular complexity index is 462. The summed E-state index contributed by atoms with van der Waals surface area (Å²) in [5.41, 5.74) is 0.662. The number of carboxylic acid groups (broad SMARTS) is 2. The van der Waals surface area contributed by atoms with Gasteiger partial charge in [0.05, 0.1) is 11.1 Å². The van der Waals surface area contributed by atoms with Crippen LogP contribution in [0.4, 0.5) is 0 Å². The van der Waals surface area contributed by atoms with Crippen LogP contribution in [-0.4, -0.2) is 49.5 Å². The third-order valence-electron chi connectivity index (χ3n) is 2.04. The molecule has 0 aliphatic heterocycles. The normalized spacial score (nSPS) is 8.42. The van der Waals surface area contributed by atoms with Gasteiger partial charge in [-0.1, -0.05) is 36.4 Å². The molecule has 96 valence electrons. The minimum absolute atomic E-state index is 0. The molecular formula is C14H12O4Pb. The number of hydrogen-bond donors (Lipinski definition) is 2. The van der Waals surface area contributed by atoms with E-state index in [4.69, 9.17) is 10.2 Å². The third kappa shape index (κ3) is 6.70. The molecule has 0 amide bonds. The Kier molecular flexibility index (Phi) is 8.43. The minimum Gasteiger partial charge on any atom is -0.478 e. The quantitative estimate of drug-likeness (QED) is 0.688. The molecule has 0 bridgehead atoms. The van der Waals surface area contributed by atoms with E-state index >= 15 is 0 Å². The number of hydrogen-bond acceptors (Lipinski definition) is 2. The number of rotatable bonds is 2. The van der Waals surface area contributed by atoms with Crippen LogP contribution in [0.25, 0.3) is 0 Å². The van der Waals surface area contributed by atoms with Crippen LogP contribution in [0.3, 0.4) is 0 Å². The van der Waals surface area contributed by atoms with Crippen molar-refractivity contribution < 1.29 is 19.8 Å². The summed E-state index contributed by atoms with van der Waals surface area (Å²) in [6, 6.07) is 16.6. The molecule has 0 atom stereocenters. The van der Waals surface area contributed by atoms with E-state index in [0.29, 0.717) is 11.1 Å². The zero-order chi connectivity index (χ0) is 13.4. The molecular weight excluding hydrogens is 439 g/mol. The minimum atomic E-state index is -0.879. The van der Waals surface area contributed by atoms with E-state index in [1.807, 2.05) is 0 Å². The summed E-state index contributed by atoms with van der Waals surface area (Å²) < 4.78 is 0. The Morgan fingerprint density at radius 1 is 0.632 bits per heavy atom. The molecule has 0 saturated heterocycles. The van der Waals surface area contributed by atoms with E-state index in [2.05, 4.69) is 0 Å². The van der Waals surface area contributed by atoms with Gasteiger partial charge < -0.3 is 10.2 Å². The van der Waals surface area contributed by atoms with Crippen molar-refractivity contribution >= 4 is 39.2 Å². The van der Waals surface area contributed by atoms with Crippen LogP contribution in [0.1, 0.15) is 20.7 Å². The number of aromatic carboxylic acids is 2. The van der Waals surface area contributed by atoms with E-state index in [1.54, 1.807) is 60.7 Å². The zero-order valence-electron chi connectivity index (χ0n) is 9.98. The van der Waals surface area contributed by atoms with Gasteiger partial charge in [0.2, 0.25) is 0 Å². The summed E-state index contributed by atoms with van der Waals surface area (Å²) >= 11 is 0. The average Bonchev–Trinajstić information content (AvgIpc) is 2.41. The molecule has 2 aromatic carbocycles. The van der Waals surface area contributed by atoms with Crippen molar-refractivity contribution in [2.45, 2.75) is 0 Å². The third-order valence-corrected chi connectivity index (χ3v) is 2.04. The molecule has 0 fully saturated rings. The molecule has 2 N–H and O–H groups in total. The number of carbonyl (C=O) groups is 2. The van der Waals surface area contributed by atoms with Crippen molar-refractivity contribution in [3.63, 3.8) is 0 Å². The first-order valence-corrected chi connectivity index (χ1v) is 5.18. The molecule has 0 heterocycles. The van der Waals surface area contributed by atoms with E-state index in [-0.39, 0.29) is 27.3 Å². The van der Waals surface area contributed by atoms with Gasteiger partial charge in [-0.3, -0.25) is 0 Å². The molecule has 0 aromatic heterocycles. The average molecular weight is 451 g/mol. The van der Waals surface area contributed by atoms with Crippen molar-refractivity contribution in [1.29, 1.82) is 0 Å². The molecule has 2 rings (SSSR count). The molecule has 4 radical (unpaired) electrons. The summed E-state index contributed by atoms with van der Waals surface area (Å²) in [4.78, 5) is 20.4.